The van der Waals surface area contributed by atoms with Crippen molar-refractivity contribution in [3.05, 3.63) is 0 Å². The van der Waals surface area contributed by atoms with Gasteiger partial charge < -0.3 is 10.8 Å². The summed E-state index contributed by atoms with van der Waals surface area (Å²) >= 11 is 0. The Balaban J connectivity index is 2.49. The van der Waals surface area contributed by atoms with E-state index in [0.29, 0.717) is 5.41 Å². The molecule has 3 N–H and O–H groups in total. The predicted octanol–water partition coefficient (Wildman–Crippen LogP) is 0.885. The van der Waals surface area contributed by atoms with Crippen LogP contribution in [0.3, 0.4) is 0 Å². The SMILES string of the molecule is CC1(C)CC[C@H](N)[C@H](O)C1. The van der Waals surface area contributed by atoms with Crippen LogP contribution in [0, 0.1) is 5.41 Å². The molecule has 0 bridgehead atoms. The quantitative estimate of drug-likeness (QED) is 0.529. The molecule has 2 nitrogen and oxygen atoms in total. The summed E-state index contributed by atoms with van der Waals surface area (Å²) in [6, 6.07) is 0.0213. The van der Waals surface area contributed by atoms with Gasteiger partial charge >= 0.3 is 0 Å². The lowest BCUT2D eigenvalue weighted by atomic mass is 9.74. The van der Waals surface area contributed by atoms with E-state index in [4.69, 9.17) is 5.73 Å². The lowest BCUT2D eigenvalue weighted by Crippen LogP contribution is -2.42. The Morgan fingerprint density at radius 3 is 2.50 bits per heavy atom. The Labute approximate surface area is 62.4 Å². The predicted molar refractivity (Wildman–Crippen MR) is 41.6 cm³/mol. The summed E-state index contributed by atoms with van der Waals surface area (Å²) in [5.41, 5.74) is 5.95. The van der Waals surface area contributed by atoms with Gasteiger partial charge in [0, 0.05) is 6.04 Å². The maximum atomic E-state index is 9.39. The van der Waals surface area contributed by atoms with Gasteiger partial charge in [0.05, 0.1) is 6.10 Å². The zero-order valence-corrected chi connectivity index (χ0v) is 6.80. The maximum absolute atomic E-state index is 9.39. The summed E-state index contributed by atoms with van der Waals surface area (Å²) in [7, 11) is 0. The summed E-state index contributed by atoms with van der Waals surface area (Å²) in [6.07, 6.45) is 2.69. The Morgan fingerprint density at radius 1 is 1.50 bits per heavy atom. The fourth-order valence-corrected chi connectivity index (χ4v) is 1.57. The highest BCUT2D eigenvalue weighted by Gasteiger charge is 2.31. The first-order chi connectivity index (χ1) is 4.51. The third kappa shape index (κ3) is 1.70. The summed E-state index contributed by atoms with van der Waals surface area (Å²) in [5, 5.41) is 9.39. The van der Waals surface area contributed by atoms with Crippen molar-refractivity contribution in [3.8, 4) is 0 Å². The molecule has 1 fully saturated rings. The molecule has 2 atom stereocenters. The molecule has 0 aromatic rings. The van der Waals surface area contributed by atoms with E-state index in [-0.39, 0.29) is 12.1 Å². The van der Waals surface area contributed by atoms with Crippen molar-refractivity contribution >= 4 is 0 Å². The van der Waals surface area contributed by atoms with E-state index >= 15 is 0 Å². The molecular weight excluding hydrogens is 126 g/mol. The van der Waals surface area contributed by atoms with Crippen molar-refractivity contribution in [1.29, 1.82) is 0 Å². The molecule has 2 heteroatoms. The topological polar surface area (TPSA) is 46.2 Å². The zero-order valence-electron chi connectivity index (χ0n) is 6.80. The van der Waals surface area contributed by atoms with Gasteiger partial charge in [-0.1, -0.05) is 13.8 Å². The number of aliphatic hydroxyl groups is 1. The molecule has 0 spiro atoms. The zero-order chi connectivity index (χ0) is 7.78. The Morgan fingerprint density at radius 2 is 2.10 bits per heavy atom. The molecule has 1 aliphatic rings. The van der Waals surface area contributed by atoms with Crippen LogP contribution in [0.25, 0.3) is 0 Å². The molecule has 0 amide bonds. The molecule has 0 aromatic carbocycles. The van der Waals surface area contributed by atoms with Gasteiger partial charge in [-0.05, 0) is 24.7 Å². The highest BCUT2D eigenvalue weighted by molar-refractivity contribution is 4.86. The highest BCUT2D eigenvalue weighted by atomic mass is 16.3. The molecule has 0 heterocycles. The van der Waals surface area contributed by atoms with E-state index in [1.165, 1.54) is 0 Å². The van der Waals surface area contributed by atoms with Gasteiger partial charge in [0.25, 0.3) is 0 Å². The number of hydrogen-bond donors (Lipinski definition) is 2. The van der Waals surface area contributed by atoms with Crippen LogP contribution >= 0.6 is 0 Å². The molecule has 0 aliphatic heterocycles. The van der Waals surface area contributed by atoms with Crippen LogP contribution < -0.4 is 5.73 Å². The van der Waals surface area contributed by atoms with Crippen LogP contribution in [0.4, 0.5) is 0 Å². The van der Waals surface area contributed by atoms with Gasteiger partial charge in [0.2, 0.25) is 0 Å². The normalized spacial score (nSPS) is 39.6. The van der Waals surface area contributed by atoms with Crippen LogP contribution in [-0.2, 0) is 0 Å². The summed E-state index contributed by atoms with van der Waals surface area (Å²) in [5.74, 6) is 0. The van der Waals surface area contributed by atoms with Crippen LogP contribution in [0.15, 0.2) is 0 Å². The minimum Gasteiger partial charge on any atom is -0.391 e. The standard InChI is InChI=1S/C8H17NO/c1-8(2)4-3-6(9)7(10)5-8/h6-7,10H,3-5,9H2,1-2H3/t6-,7+/m0/s1. The monoisotopic (exact) mass is 143 g/mol. The Kier molecular flexibility index (Phi) is 2.02. The second kappa shape index (κ2) is 2.51. The average Bonchev–Trinajstić information content (AvgIpc) is 1.79. The number of aliphatic hydroxyl groups excluding tert-OH is 1. The van der Waals surface area contributed by atoms with E-state index in [1.807, 2.05) is 0 Å². The fraction of sp³-hybridized carbons (Fsp3) is 1.00. The van der Waals surface area contributed by atoms with Crippen molar-refractivity contribution in [3.63, 3.8) is 0 Å². The van der Waals surface area contributed by atoms with E-state index < -0.39 is 0 Å². The summed E-state index contributed by atoms with van der Waals surface area (Å²) in [6.45, 7) is 4.37. The third-order valence-electron chi connectivity index (χ3n) is 2.41. The van der Waals surface area contributed by atoms with Crippen LogP contribution in [0.5, 0.6) is 0 Å². The molecule has 0 radical (unpaired) electrons. The Bertz CT molecular complexity index is 122. The molecule has 60 valence electrons. The maximum Gasteiger partial charge on any atom is 0.0696 e. The molecule has 10 heavy (non-hydrogen) atoms. The molecule has 1 saturated carbocycles. The third-order valence-corrected chi connectivity index (χ3v) is 2.41. The van der Waals surface area contributed by atoms with Gasteiger partial charge in [0.1, 0.15) is 0 Å². The lowest BCUT2D eigenvalue weighted by molar-refractivity contribution is 0.0485. The summed E-state index contributed by atoms with van der Waals surface area (Å²) in [4.78, 5) is 0. The van der Waals surface area contributed by atoms with Gasteiger partial charge in [-0.2, -0.15) is 0 Å². The molecular formula is C8H17NO. The average molecular weight is 143 g/mol. The highest BCUT2D eigenvalue weighted by Crippen LogP contribution is 2.34. The number of nitrogens with two attached hydrogens (primary N) is 1. The smallest absolute Gasteiger partial charge is 0.0696 e. The van der Waals surface area contributed by atoms with Gasteiger partial charge in [-0.25, -0.2) is 0 Å². The van der Waals surface area contributed by atoms with Crippen LogP contribution in [-0.4, -0.2) is 17.3 Å². The molecule has 0 aromatic heterocycles. The minimum absolute atomic E-state index is 0.0213. The second-order valence-corrected chi connectivity index (χ2v) is 4.14. The van der Waals surface area contributed by atoms with Crippen LogP contribution in [0.1, 0.15) is 33.1 Å². The molecule has 0 saturated heterocycles. The van der Waals surface area contributed by atoms with E-state index in [9.17, 15) is 5.11 Å². The fourth-order valence-electron chi connectivity index (χ4n) is 1.57. The largest absolute Gasteiger partial charge is 0.391 e. The van der Waals surface area contributed by atoms with E-state index in [1.54, 1.807) is 0 Å². The first-order valence-electron chi connectivity index (χ1n) is 3.95. The minimum atomic E-state index is -0.274. The van der Waals surface area contributed by atoms with Crippen molar-refractivity contribution in [1.82, 2.24) is 0 Å². The van der Waals surface area contributed by atoms with Gasteiger partial charge in [-0.15, -0.1) is 0 Å². The van der Waals surface area contributed by atoms with Crippen molar-refractivity contribution < 1.29 is 5.11 Å². The molecule has 1 aliphatic carbocycles. The second-order valence-electron chi connectivity index (χ2n) is 4.14. The number of rotatable bonds is 0. The molecule has 1 rings (SSSR count). The molecule has 0 unspecified atom stereocenters. The number of hydrogen-bond acceptors (Lipinski definition) is 2. The van der Waals surface area contributed by atoms with E-state index in [2.05, 4.69) is 13.8 Å². The first-order valence-corrected chi connectivity index (χ1v) is 3.95. The van der Waals surface area contributed by atoms with E-state index in [0.717, 1.165) is 19.3 Å². The van der Waals surface area contributed by atoms with Gasteiger partial charge in [-0.3, -0.25) is 0 Å². The summed E-state index contributed by atoms with van der Waals surface area (Å²) < 4.78 is 0. The van der Waals surface area contributed by atoms with Crippen molar-refractivity contribution in [2.45, 2.75) is 45.3 Å². The Hall–Kier alpha value is -0.0800. The lowest BCUT2D eigenvalue weighted by Gasteiger charge is -2.36. The van der Waals surface area contributed by atoms with Gasteiger partial charge in [0.15, 0.2) is 0 Å². The van der Waals surface area contributed by atoms with Crippen LogP contribution in [0.2, 0.25) is 0 Å². The van der Waals surface area contributed by atoms with Crippen molar-refractivity contribution in [2.75, 3.05) is 0 Å². The van der Waals surface area contributed by atoms with Crippen molar-refractivity contribution in [2.24, 2.45) is 11.1 Å². The first kappa shape index (κ1) is 8.02.